The highest BCUT2D eigenvalue weighted by atomic mass is 16.5. The number of nitrogens with zero attached hydrogens (tertiary/aromatic N) is 1. The minimum atomic E-state index is -0.535. The van der Waals surface area contributed by atoms with Crippen LogP contribution in [0.4, 0.5) is 0 Å². The first kappa shape index (κ1) is 22.9. The maximum Gasteiger partial charge on any atom is 0.136 e. The molecule has 0 saturated carbocycles. The van der Waals surface area contributed by atoms with E-state index in [1.165, 1.54) is 45.1 Å². The lowest BCUT2D eigenvalue weighted by Gasteiger charge is -2.37. The van der Waals surface area contributed by atoms with Gasteiger partial charge in [0.1, 0.15) is 11.8 Å². The van der Waals surface area contributed by atoms with Gasteiger partial charge in [-0.1, -0.05) is 91.2 Å². The summed E-state index contributed by atoms with van der Waals surface area (Å²) in [7, 11) is 2.25. The topological polar surface area (TPSA) is 28.3 Å². The number of aromatic amines is 1. The number of rotatable bonds is 7. The van der Waals surface area contributed by atoms with E-state index < -0.39 is 5.60 Å². The Morgan fingerprint density at radius 3 is 2.12 bits per heavy atom. The van der Waals surface area contributed by atoms with Crippen LogP contribution in [0.2, 0.25) is 0 Å². The predicted molar refractivity (Wildman–Crippen MR) is 141 cm³/mol. The standard InChI is InChI=1S/C31H36N2O/c1-5-6-11-30-33(4)29(20-24-21-32-28-10-8-7-9-27(24)28)31(34-30,25-16-12-22(2)13-17-25)26-18-14-23(3)15-19-26/h7-10,12-19,21,29-30,32H,5-6,11,20H2,1-4H3/t29-,30-/m0/s1. The van der Waals surface area contributed by atoms with Crippen molar-refractivity contribution in [2.24, 2.45) is 0 Å². The minimum Gasteiger partial charge on any atom is -0.361 e. The Hall–Kier alpha value is -2.88. The second-order valence-electron chi connectivity index (χ2n) is 9.93. The summed E-state index contributed by atoms with van der Waals surface area (Å²) in [5, 5.41) is 1.30. The molecule has 1 N–H and O–H groups in total. The van der Waals surface area contributed by atoms with Gasteiger partial charge in [0.15, 0.2) is 0 Å². The number of hydrogen-bond donors (Lipinski definition) is 1. The Morgan fingerprint density at radius 1 is 0.882 bits per heavy atom. The maximum atomic E-state index is 7.20. The summed E-state index contributed by atoms with van der Waals surface area (Å²) in [4.78, 5) is 5.98. The van der Waals surface area contributed by atoms with Crippen LogP contribution in [0.25, 0.3) is 10.9 Å². The first-order chi connectivity index (χ1) is 16.5. The molecular weight excluding hydrogens is 416 g/mol. The molecule has 5 rings (SSSR count). The summed E-state index contributed by atoms with van der Waals surface area (Å²) in [5.74, 6) is 0. The van der Waals surface area contributed by atoms with E-state index in [4.69, 9.17) is 4.74 Å². The summed E-state index contributed by atoms with van der Waals surface area (Å²) >= 11 is 0. The van der Waals surface area contributed by atoms with Crippen molar-refractivity contribution >= 4 is 10.9 Å². The van der Waals surface area contributed by atoms with Crippen molar-refractivity contribution in [3.05, 3.63) is 107 Å². The lowest BCUT2D eigenvalue weighted by Crippen LogP contribution is -2.44. The molecule has 0 unspecified atom stereocenters. The normalized spacial score (nSPS) is 20.2. The summed E-state index contributed by atoms with van der Waals surface area (Å²) in [5.41, 5.74) is 7.01. The van der Waals surface area contributed by atoms with Crippen LogP contribution in [0.1, 0.15) is 54.0 Å². The molecule has 0 aliphatic carbocycles. The van der Waals surface area contributed by atoms with Gasteiger partial charge in [0.05, 0.1) is 6.04 Å². The van der Waals surface area contributed by atoms with Gasteiger partial charge in [0.2, 0.25) is 0 Å². The Labute approximate surface area is 203 Å². The smallest absolute Gasteiger partial charge is 0.136 e. The molecule has 3 aromatic carbocycles. The van der Waals surface area contributed by atoms with Crippen LogP contribution in [0, 0.1) is 13.8 Å². The average Bonchev–Trinajstić information content (AvgIpc) is 3.39. The fraction of sp³-hybridized carbons (Fsp3) is 0.355. The summed E-state index contributed by atoms with van der Waals surface area (Å²) < 4.78 is 7.20. The molecule has 0 radical (unpaired) electrons. The highest BCUT2D eigenvalue weighted by Gasteiger charge is 2.53. The fourth-order valence-corrected chi connectivity index (χ4v) is 5.59. The van der Waals surface area contributed by atoms with Crippen molar-refractivity contribution in [1.82, 2.24) is 9.88 Å². The van der Waals surface area contributed by atoms with Crippen molar-refractivity contribution < 1.29 is 4.74 Å². The van der Waals surface area contributed by atoms with Gasteiger partial charge in [0.25, 0.3) is 0 Å². The van der Waals surface area contributed by atoms with E-state index in [0.717, 1.165) is 19.3 Å². The highest BCUT2D eigenvalue weighted by Crippen LogP contribution is 2.48. The number of fused-ring (bicyclic) bond motifs is 1. The number of unbranched alkanes of at least 4 members (excludes halogenated alkanes) is 1. The largest absolute Gasteiger partial charge is 0.361 e. The molecule has 1 fully saturated rings. The molecule has 2 atom stereocenters. The van der Waals surface area contributed by atoms with Crippen LogP contribution < -0.4 is 0 Å². The Kier molecular flexibility index (Phi) is 6.33. The lowest BCUT2D eigenvalue weighted by molar-refractivity contribution is -0.0425. The molecule has 4 aromatic rings. The minimum absolute atomic E-state index is 0.0813. The number of aromatic nitrogens is 1. The molecule has 0 amide bonds. The van der Waals surface area contributed by atoms with Gasteiger partial charge in [-0.25, -0.2) is 0 Å². The van der Waals surface area contributed by atoms with E-state index in [-0.39, 0.29) is 12.3 Å². The van der Waals surface area contributed by atoms with Crippen LogP contribution >= 0.6 is 0 Å². The molecule has 0 bridgehead atoms. The van der Waals surface area contributed by atoms with Gasteiger partial charge in [-0.3, -0.25) is 4.90 Å². The fourth-order valence-electron chi connectivity index (χ4n) is 5.59. The van der Waals surface area contributed by atoms with E-state index in [2.05, 4.69) is 117 Å². The third-order valence-corrected chi connectivity index (χ3v) is 7.59. The molecular formula is C31H36N2O. The van der Waals surface area contributed by atoms with Gasteiger partial charge in [-0.15, -0.1) is 0 Å². The second kappa shape index (κ2) is 9.40. The Bertz CT molecular complexity index is 1190. The quantitative estimate of drug-likeness (QED) is 0.323. The van der Waals surface area contributed by atoms with Gasteiger partial charge in [-0.2, -0.15) is 0 Å². The molecule has 2 heterocycles. The monoisotopic (exact) mass is 452 g/mol. The molecule has 34 heavy (non-hydrogen) atoms. The predicted octanol–water partition coefficient (Wildman–Crippen LogP) is 7.12. The number of H-pyrrole nitrogens is 1. The number of nitrogens with one attached hydrogen (secondary N) is 1. The number of likely N-dealkylation sites (N-methyl/N-ethyl adjacent to an activating group) is 1. The average molecular weight is 453 g/mol. The highest BCUT2D eigenvalue weighted by molar-refractivity contribution is 5.83. The maximum absolute atomic E-state index is 7.20. The summed E-state index contributed by atoms with van der Waals surface area (Å²) in [6, 6.07) is 26.7. The molecule has 1 aliphatic heterocycles. The van der Waals surface area contributed by atoms with Crippen LogP contribution in [0.5, 0.6) is 0 Å². The molecule has 1 aromatic heterocycles. The first-order valence-corrected chi connectivity index (χ1v) is 12.6. The number of hydrogen-bond acceptors (Lipinski definition) is 2. The van der Waals surface area contributed by atoms with E-state index >= 15 is 0 Å². The second-order valence-corrected chi connectivity index (χ2v) is 9.93. The molecule has 3 heteroatoms. The van der Waals surface area contributed by atoms with Crippen molar-refractivity contribution in [3.63, 3.8) is 0 Å². The van der Waals surface area contributed by atoms with Gasteiger partial charge >= 0.3 is 0 Å². The SMILES string of the molecule is CCCC[C@@H]1OC(c2ccc(C)cc2)(c2ccc(C)cc2)[C@H](Cc2c[nH]c3ccccc23)N1C. The molecule has 176 valence electrons. The van der Waals surface area contributed by atoms with Crippen molar-refractivity contribution in [1.29, 1.82) is 0 Å². The summed E-state index contributed by atoms with van der Waals surface area (Å²) in [6.07, 6.45) is 6.54. The van der Waals surface area contributed by atoms with Gasteiger partial charge in [0, 0.05) is 17.1 Å². The third-order valence-electron chi connectivity index (χ3n) is 7.59. The Morgan fingerprint density at radius 2 is 1.50 bits per heavy atom. The molecule has 1 aliphatic rings. The van der Waals surface area contributed by atoms with Gasteiger partial charge < -0.3 is 9.72 Å². The van der Waals surface area contributed by atoms with E-state index in [9.17, 15) is 0 Å². The summed E-state index contributed by atoms with van der Waals surface area (Å²) in [6.45, 7) is 6.56. The first-order valence-electron chi connectivity index (χ1n) is 12.6. The van der Waals surface area contributed by atoms with E-state index in [1.807, 2.05) is 0 Å². The van der Waals surface area contributed by atoms with Crippen molar-refractivity contribution in [2.75, 3.05) is 7.05 Å². The van der Waals surface area contributed by atoms with Crippen molar-refractivity contribution in [2.45, 2.75) is 64.3 Å². The number of para-hydroxylation sites is 1. The van der Waals surface area contributed by atoms with Crippen molar-refractivity contribution in [3.8, 4) is 0 Å². The number of aryl methyl sites for hydroxylation is 2. The zero-order chi connectivity index (χ0) is 23.7. The van der Waals surface area contributed by atoms with E-state index in [0.29, 0.717) is 0 Å². The molecule has 3 nitrogen and oxygen atoms in total. The lowest BCUT2D eigenvalue weighted by atomic mass is 9.77. The van der Waals surface area contributed by atoms with Crippen LogP contribution in [-0.4, -0.2) is 29.2 Å². The third kappa shape index (κ3) is 3.97. The molecule has 0 spiro atoms. The number of ether oxygens (including phenoxy) is 1. The zero-order valence-corrected chi connectivity index (χ0v) is 20.8. The Balaban J connectivity index is 1.67. The molecule has 1 saturated heterocycles. The van der Waals surface area contributed by atoms with Crippen LogP contribution in [-0.2, 0) is 16.8 Å². The van der Waals surface area contributed by atoms with Crippen LogP contribution in [0.3, 0.4) is 0 Å². The zero-order valence-electron chi connectivity index (χ0n) is 20.8. The van der Waals surface area contributed by atoms with Gasteiger partial charge in [-0.05, 0) is 62.9 Å². The number of benzene rings is 3. The van der Waals surface area contributed by atoms with Crippen LogP contribution in [0.15, 0.2) is 79.0 Å². The van der Waals surface area contributed by atoms with E-state index in [1.54, 1.807) is 0 Å².